The van der Waals surface area contributed by atoms with E-state index in [0.717, 1.165) is 24.7 Å². The van der Waals surface area contributed by atoms with E-state index < -0.39 is 0 Å². The number of halogens is 2. The normalized spacial score (nSPS) is 14.9. The highest BCUT2D eigenvalue weighted by Gasteiger charge is 2.21. The Labute approximate surface area is 169 Å². The summed E-state index contributed by atoms with van der Waals surface area (Å²) >= 11 is 11.9. The molecule has 1 aliphatic rings. The van der Waals surface area contributed by atoms with E-state index in [0.29, 0.717) is 29.6 Å². The third-order valence-corrected chi connectivity index (χ3v) is 5.01. The zero-order chi connectivity index (χ0) is 19.2. The van der Waals surface area contributed by atoms with Crippen molar-refractivity contribution in [3.8, 4) is 11.5 Å². The number of carbonyl (C=O) groups is 1. The highest BCUT2D eigenvalue weighted by atomic mass is 35.5. The van der Waals surface area contributed by atoms with Crippen LogP contribution in [-0.4, -0.2) is 55.6 Å². The number of carbonyl (C=O) groups excluding carboxylic acids is 1. The van der Waals surface area contributed by atoms with Crippen molar-refractivity contribution in [2.75, 3.05) is 39.9 Å². The number of benzene rings is 2. The Morgan fingerprint density at radius 3 is 2.30 bits per heavy atom. The fraction of sp³-hybridized carbons (Fsp3) is 0.350. The minimum atomic E-state index is -0.0295. The molecule has 1 aliphatic heterocycles. The number of amides is 1. The van der Waals surface area contributed by atoms with Gasteiger partial charge >= 0.3 is 0 Å². The second-order valence-corrected chi connectivity index (χ2v) is 7.24. The first kappa shape index (κ1) is 19.8. The maximum absolute atomic E-state index is 12.4. The standard InChI is InChI=1S/C20H22Cl2N2O3/c1-26-19-12-17(22)6-7-18(19)27-14-20(25)24-10-8-23(9-11-24)13-15-2-4-16(21)5-3-15/h2-7,12H,8-11,13-14H2,1H3. The van der Waals surface area contributed by atoms with Gasteiger partial charge in [-0.1, -0.05) is 35.3 Å². The molecular weight excluding hydrogens is 387 g/mol. The molecule has 2 aromatic carbocycles. The summed E-state index contributed by atoms with van der Waals surface area (Å²) in [5.41, 5.74) is 1.22. The van der Waals surface area contributed by atoms with E-state index in [1.54, 1.807) is 25.3 Å². The second kappa shape index (κ2) is 9.31. The van der Waals surface area contributed by atoms with Gasteiger partial charge in [0.15, 0.2) is 18.1 Å². The molecule has 0 radical (unpaired) electrons. The Bertz CT molecular complexity index is 775. The molecule has 144 valence electrons. The summed E-state index contributed by atoms with van der Waals surface area (Å²) in [6.45, 7) is 3.88. The van der Waals surface area contributed by atoms with Crippen LogP contribution in [0.5, 0.6) is 11.5 Å². The van der Waals surface area contributed by atoms with E-state index in [1.807, 2.05) is 29.2 Å². The minimum absolute atomic E-state index is 0.0187. The molecule has 0 bridgehead atoms. The monoisotopic (exact) mass is 408 g/mol. The summed E-state index contributed by atoms with van der Waals surface area (Å²) in [7, 11) is 1.54. The van der Waals surface area contributed by atoms with Crippen LogP contribution in [-0.2, 0) is 11.3 Å². The maximum atomic E-state index is 12.4. The second-order valence-electron chi connectivity index (χ2n) is 6.37. The maximum Gasteiger partial charge on any atom is 0.260 e. The number of hydrogen-bond donors (Lipinski definition) is 0. The van der Waals surface area contributed by atoms with Gasteiger partial charge in [-0.05, 0) is 29.8 Å². The Morgan fingerprint density at radius 2 is 1.63 bits per heavy atom. The first-order chi connectivity index (χ1) is 13.0. The molecule has 1 fully saturated rings. The Morgan fingerprint density at radius 1 is 0.963 bits per heavy atom. The third-order valence-electron chi connectivity index (χ3n) is 4.52. The van der Waals surface area contributed by atoms with E-state index >= 15 is 0 Å². The zero-order valence-electron chi connectivity index (χ0n) is 15.2. The van der Waals surface area contributed by atoms with Gasteiger partial charge in [-0.25, -0.2) is 0 Å². The van der Waals surface area contributed by atoms with Crippen LogP contribution in [0.1, 0.15) is 5.56 Å². The van der Waals surface area contributed by atoms with Crippen LogP contribution in [0.4, 0.5) is 0 Å². The fourth-order valence-electron chi connectivity index (χ4n) is 2.99. The first-order valence-electron chi connectivity index (χ1n) is 8.76. The summed E-state index contributed by atoms with van der Waals surface area (Å²) in [6.07, 6.45) is 0. The lowest BCUT2D eigenvalue weighted by atomic mass is 10.2. The van der Waals surface area contributed by atoms with Crippen molar-refractivity contribution < 1.29 is 14.3 Å². The van der Waals surface area contributed by atoms with Crippen LogP contribution in [0.15, 0.2) is 42.5 Å². The van der Waals surface area contributed by atoms with Gasteiger partial charge in [0.2, 0.25) is 0 Å². The van der Waals surface area contributed by atoms with Gasteiger partial charge in [-0.15, -0.1) is 0 Å². The molecule has 0 N–H and O–H groups in total. The average molecular weight is 409 g/mol. The summed E-state index contributed by atoms with van der Waals surface area (Å²) in [4.78, 5) is 16.6. The topological polar surface area (TPSA) is 42.0 Å². The molecule has 0 spiro atoms. The molecule has 0 atom stereocenters. The number of nitrogens with zero attached hydrogens (tertiary/aromatic N) is 2. The van der Waals surface area contributed by atoms with Gasteiger partial charge in [0.1, 0.15) is 0 Å². The van der Waals surface area contributed by atoms with Gasteiger partial charge in [0.05, 0.1) is 7.11 Å². The zero-order valence-corrected chi connectivity index (χ0v) is 16.7. The van der Waals surface area contributed by atoms with Crippen molar-refractivity contribution in [2.45, 2.75) is 6.54 Å². The lowest BCUT2D eigenvalue weighted by Crippen LogP contribution is -2.49. The quantitative estimate of drug-likeness (QED) is 0.730. The average Bonchev–Trinajstić information content (AvgIpc) is 2.69. The van der Waals surface area contributed by atoms with Crippen LogP contribution in [0.25, 0.3) is 0 Å². The predicted octanol–water partition coefficient (Wildman–Crippen LogP) is 3.73. The largest absolute Gasteiger partial charge is 0.493 e. The number of piperazine rings is 1. The van der Waals surface area contributed by atoms with Gasteiger partial charge in [0, 0.05) is 48.8 Å². The summed E-state index contributed by atoms with van der Waals surface area (Å²) in [5, 5.41) is 1.30. The van der Waals surface area contributed by atoms with Gasteiger partial charge in [0.25, 0.3) is 5.91 Å². The minimum Gasteiger partial charge on any atom is -0.493 e. The Balaban J connectivity index is 1.46. The molecule has 7 heteroatoms. The van der Waals surface area contributed by atoms with Crippen molar-refractivity contribution in [2.24, 2.45) is 0 Å². The Hall–Kier alpha value is -1.95. The number of methoxy groups -OCH3 is 1. The number of hydrogen-bond acceptors (Lipinski definition) is 4. The van der Waals surface area contributed by atoms with Crippen molar-refractivity contribution in [1.82, 2.24) is 9.80 Å². The van der Waals surface area contributed by atoms with Gasteiger partial charge < -0.3 is 14.4 Å². The molecule has 3 rings (SSSR count). The summed E-state index contributed by atoms with van der Waals surface area (Å²) < 4.78 is 10.9. The van der Waals surface area contributed by atoms with E-state index in [-0.39, 0.29) is 12.5 Å². The van der Waals surface area contributed by atoms with Crippen LogP contribution in [0.2, 0.25) is 10.0 Å². The molecule has 2 aromatic rings. The fourth-order valence-corrected chi connectivity index (χ4v) is 3.28. The van der Waals surface area contributed by atoms with Crippen LogP contribution >= 0.6 is 23.2 Å². The van der Waals surface area contributed by atoms with Crippen LogP contribution in [0, 0.1) is 0 Å². The molecule has 5 nitrogen and oxygen atoms in total. The van der Waals surface area contributed by atoms with Gasteiger partial charge in [-0.2, -0.15) is 0 Å². The molecule has 0 saturated carbocycles. The molecule has 0 aliphatic carbocycles. The molecule has 1 saturated heterocycles. The van der Waals surface area contributed by atoms with Crippen LogP contribution < -0.4 is 9.47 Å². The van der Waals surface area contributed by atoms with Crippen molar-refractivity contribution in [1.29, 1.82) is 0 Å². The van der Waals surface area contributed by atoms with Crippen molar-refractivity contribution in [3.05, 3.63) is 58.1 Å². The SMILES string of the molecule is COc1cc(Cl)ccc1OCC(=O)N1CCN(Cc2ccc(Cl)cc2)CC1. The third kappa shape index (κ3) is 5.51. The lowest BCUT2D eigenvalue weighted by Gasteiger charge is -2.34. The molecular formula is C20H22Cl2N2O3. The first-order valence-corrected chi connectivity index (χ1v) is 9.51. The number of ether oxygens (including phenoxy) is 2. The smallest absolute Gasteiger partial charge is 0.260 e. The van der Waals surface area contributed by atoms with E-state index in [2.05, 4.69) is 4.90 Å². The molecule has 1 heterocycles. The Kier molecular flexibility index (Phi) is 6.83. The highest BCUT2D eigenvalue weighted by molar-refractivity contribution is 6.31. The number of rotatable bonds is 6. The molecule has 27 heavy (non-hydrogen) atoms. The summed E-state index contributed by atoms with van der Waals surface area (Å²) in [6, 6.07) is 13.0. The summed E-state index contributed by atoms with van der Waals surface area (Å²) in [5.74, 6) is 0.998. The predicted molar refractivity (Wildman–Crippen MR) is 107 cm³/mol. The molecule has 1 amide bonds. The van der Waals surface area contributed by atoms with E-state index in [4.69, 9.17) is 32.7 Å². The van der Waals surface area contributed by atoms with E-state index in [9.17, 15) is 4.79 Å². The highest BCUT2D eigenvalue weighted by Crippen LogP contribution is 2.30. The van der Waals surface area contributed by atoms with E-state index in [1.165, 1.54) is 5.56 Å². The van der Waals surface area contributed by atoms with Crippen LogP contribution in [0.3, 0.4) is 0 Å². The van der Waals surface area contributed by atoms with Crippen molar-refractivity contribution >= 4 is 29.1 Å². The molecule has 0 aromatic heterocycles. The lowest BCUT2D eigenvalue weighted by molar-refractivity contribution is -0.135. The van der Waals surface area contributed by atoms with Crippen molar-refractivity contribution in [3.63, 3.8) is 0 Å². The molecule has 0 unspecified atom stereocenters. The van der Waals surface area contributed by atoms with Gasteiger partial charge in [-0.3, -0.25) is 9.69 Å².